The van der Waals surface area contributed by atoms with Crippen LogP contribution < -0.4 is 19.6 Å². The third-order valence-electron chi connectivity index (χ3n) is 5.05. The van der Waals surface area contributed by atoms with Crippen molar-refractivity contribution in [2.75, 3.05) is 13.7 Å². The summed E-state index contributed by atoms with van der Waals surface area (Å²) < 4.78 is 29.7. The second-order valence-corrected chi connectivity index (χ2v) is 7.37. The van der Waals surface area contributed by atoms with Gasteiger partial charge in [-0.1, -0.05) is 42.5 Å². The lowest BCUT2D eigenvalue weighted by Gasteiger charge is -2.12. The Morgan fingerprint density at radius 3 is 2.41 bits per heavy atom. The first kappa shape index (κ1) is 22.8. The van der Waals surface area contributed by atoms with Gasteiger partial charge in [-0.05, 0) is 58.8 Å². The quantitative estimate of drug-likeness (QED) is 0.280. The fourth-order valence-corrected chi connectivity index (χ4v) is 3.30. The van der Waals surface area contributed by atoms with Gasteiger partial charge < -0.3 is 14.2 Å². The van der Waals surface area contributed by atoms with Crippen LogP contribution in [0.5, 0.6) is 17.2 Å². The first-order valence-corrected chi connectivity index (χ1v) is 10.6. The van der Waals surface area contributed by atoms with Crippen molar-refractivity contribution >= 4 is 22.9 Å². The zero-order chi connectivity index (χ0) is 23.8. The van der Waals surface area contributed by atoms with E-state index < -0.39 is 5.91 Å². The molecule has 0 fully saturated rings. The van der Waals surface area contributed by atoms with E-state index in [9.17, 15) is 9.18 Å². The van der Waals surface area contributed by atoms with E-state index in [2.05, 4.69) is 10.5 Å². The zero-order valence-electron chi connectivity index (χ0n) is 18.5. The molecule has 1 N–H and O–H groups in total. The van der Waals surface area contributed by atoms with E-state index in [0.717, 1.165) is 21.9 Å². The standard InChI is InChI=1S/C27H23FN2O4/c1-32-22-11-13-23(14-12-22)33-18-27(31)30-29-16-25-24-5-3-2-4-20(24)8-15-26(25)34-17-19-6-9-21(28)10-7-19/h2-16H,17-18H2,1H3,(H,30,31). The number of nitrogens with one attached hydrogen (secondary N) is 1. The van der Waals surface area contributed by atoms with Crippen LogP contribution >= 0.6 is 0 Å². The minimum atomic E-state index is -0.402. The minimum absolute atomic E-state index is 0.187. The molecule has 4 aromatic carbocycles. The molecule has 0 aromatic heterocycles. The molecule has 0 saturated heterocycles. The van der Waals surface area contributed by atoms with Gasteiger partial charge in [-0.25, -0.2) is 9.82 Å². The number of hydrazone groups is 1. The van der Waals surface area contributed by atoms with E-state index in [4.69, 9.17) is 14.2 Å². The fraction of sp³-hybridized carbons (Fsp3) is 0.111. The molecule has 7 heteroatoms. The highest BCUT2D eigenvalue weighted by Crippen LogP contribution is 2.27. The van der Waals surface area contributed by atoms with Gasteiger partial charge in [0.15, 0.2) is 6.61 Å². The number of benzene rings is 4. The van der Waals surface area contributed by atoms with Crippen molar-refractivity contribution in [3.63, 3.8) is 0 Å². The summed E-state index contributed by atoms with van der Waals surface area (Å²) in [5.41, 5.74) is 4.03. The van der Waals surface area contributed by atoms with Crippen molar-refractivity contribution < 1.29 is 23.4 Å². The van der Waals surface area contributed by atoms with Crippen LogP contribution in [0.15, 0.2) is 90.0 Å². The van der Waals surface area contributed by atoms with Crippen LogP contribution in [0.2, 0.25) is 0 Å². The van der Waals surface area contributed by atoms with Gasteiger partial charge in [-0.2, -0.15) is 5.10 Å². The number of halogens is 1. The Balaban J connectivity index is 1.43. The van der Waals surface area contributed by atoms with E-state index in [1.807, 2.05) is 36.4 Å². The van der Waals surface area contributed by atoms with E-state index in [0.29, 0.717) is 17.2 Å². The molecule has 0 aliphatic rings. The maximum atomic E-state index is 13.2. The van der Waals surface area contributed by atoms with Crippen molar-refractivity contribution in [2.24, 2.45) is 5.10 Å². The third kappa shape index (κ3) is 5.89. The summed E-state index contributed by atoms with van der Waals surface area (Å²) >= 11 is 0. The summed E-state index contributed by atoms with van der Waals surface area (Å²) in [6.45, 7) is 0.0780. The Hall–Kier alpha value is -4.39. The first-order valence-electron chi connectivity index (χ1n) is 10.6. The van der Waals surface area contributed by atoms with E-state index >= 15 is 0 Å². The molecule has 1 amide bonds. The van der Waals surface area contributed by atoms with Crippen LogP contribution in [-0.2, 0) is 11.4 Å². The number of hydrogen-bond acceptors (Lipinski definition) is 5. The topological polar surface area (TPSA) is 69.2 Å². The summed E-state index contributed by atoms with van der Waals surface area (Å²) in [7, 11) is 1.58. The molecule has 0 heterocycles. The Morgan fingerprint density at radius 1 is 0.912 bits per heavy atom. The Labute approximate surface area is 196 Å². The number of ether oxygens (including phenoxy) is 3. The summed E-state index contributed by atoms with van der Waals surface area (Å²) in [5.74, 6) is 1.14. The second kappa shape index (κ2) is 11.0. The van der Waals surface area contributed by atoms with Crippen LogP contribution in [0.3, 0.4) is 0 Å². The average molecular weight is 458 g/mol. The van der Waals surface area contributed by atoms with Crippen molar-refractivity contribution in [2.45, 2.75) is 6.61 Å². The summed E-state index contributed by atoms with van der Waals surface area (Å²) in [6, 6.07) is 24.7. The predicted octanol–water partition coefficient (Wildman–Crippen LogP) is 5.10. The molecule has 6 nitrogen and oxygen atoms in total. The number of methoxy groups -OCH3 is 1. The molecule has 4 rings (SSSR count). The number of carbonyl (C=O) groups is 1. The monoisotopic (exact) mass is 458 g/mol. The molecule has 0 unspecified atom stereocenters. The molecule has 0 radical (unpaired) electrons. The molecule has 172 valence electrons. The summed E-state index contributed by atoms with van der Waals surface area (Å²) in [6.07, 6.45) is 1.55. The lowest BCUT2D eigenvalue weighted by atomic mass is 10.0. The highest BCUT2D eigenvalue weighted by Gasteiger charge is 2.09. The minimum Gasteiger partial charge on any atom is -0.497 e. The Bertz CT molecular complexity index is 1290. The Morgan fingerprint density at radius 2 is 1.65 bits per heavy atom. The van der Waals surface area contributed by atoms with Crippen LogP contribution in [0.1, 0.15) is 11.1 Å². The second-order valence-electron chi connectivity index (χ2n) is 7.37. The van der Waals surface area contributed by atoms with Gasteiger partial charge in [0, 0.05) is 5.56 Å². The SMILES string of the molecule is COc1ccc(OCC(=O)NN=Cc2c(OCc3ccc(F)cc3)ccc3ccccc23)cc1. The van der Waals surface area contributed by atoms with Crippen molar-refractivity contribution in [3.05, 3.63) is 102 Å². The van der Waals surface area contributed by atoms with Gasteiger partial charge in [0.1, 0.15) is 29.7 Å². The highest BCUT2D eigenvalue weighted by molar-refractivity contribution is 6.02. The van der Waals surface area contributed by atoms with Gasteiger partial charge in [-0.3, -0.25) is 4.79 Å². The number of fused-ring (bicyclic) bond motifs is 1. The maximum Gasteiger partial charge on any atom is 0.277 e. The molecular formula is C27H23FN2O4. The number of nitrogens with zero attached hydrogens (tertiary/aromatic N) is 1. The van der Waals surface area contributed by atoms with E-state index in [1.165, 1.54) is 12.1 Å². The lowest BCUT2D eigenvalue weighted by molar-refractivity contribution is -0.123. The van der Waals surface area contributed by atoms with Gasteiger partial charge in [-0.15, -0.1) is 0 Å². The maximum absolute atomic E-state index is 13.2. The smallest absolute Gasteiger partial charge is 0.277 e. The molecule has 34 heavy (non-hydrogen) atoms. The normalized spacial score (nSPS) is 10.9. The molecule has 4 aromatic rings. The van der Waals surface area contributed by atoms with Gasteiger partial charge in [0.2, 0.25) is 0 Å². The number of rotatable bonds is 9. The number of hydrogen-bond donors (Lipinski definition) is 1. The van der Waals surface area contributed by atoms with Gasteiger partial charge >= 0.3 is 0 Å². The molecule has 0 aliphatic carbocycles. The van der Waals surface area contributed by atoms with Crippen LogP contribution in [0, 0.1) is 5.82 Å². The lowest BCUT2D eigenvalue weighted by Crippen LogP contribution is -2.24. The number of carbonyl (C=O) groups excluding carboxylic acids is 1. The summed E-state index contributed by atoms with van der Waals surface area (Å²) in [5, 5.41) is 6.03. The van der Waals surface area contributed by atoms with Crippen molar-refractivity contribution in [3.8, 4) is 17.2 Å². The van der Waals surface area contributed by atoms with Crippen LogP contribution in [-0.4, -0.2) is 25.8 Å². The first-order chi connectivity index (χ1) is 16.6. The van der Waals surface area contributed by atoms with Crippen LogP contribution in [0.25, 0.3) is 10.8 Å². The highest BCUT2D eigenvalue weighted by atomic mass is 19.1. The van der Waals surface area contributed by atoms with E-state index in [1.54, 1.807) is 49.7 Å². The van der Waals surface area contributed by atoms with Crippen molar-refractivity contribution in [1.29, 1.82) is 0 Å². The molecule has 0 atom stereocenters. The number of amides is 1. The third-order valence-corrected chi connectivity index (χ3v) is 5.05. The van der Waals surface area contributed by atoms with Gasteiger partial charge in [0.05, 0.1) is 13.3 Å². The molecule has 0 aliphatic heterocycles. The zero-order valence-corrected chi connectivity index (χ0v) is 18.5. The largest absolute Gasteiger partial charge is 0.497 e. The molecule has 0 saturated carbocycles. The predicted molar refractivity (Wildman–Crippen MR) is 129 cm³/mol. The Kier molecular flexibility index (Phi) is 7.35. The van der Waals surface area contributed by atoms with Gasteiger partial charge in [0.25, 0.3) is 5.91 Å². The molecular weight excluding hydrogens is 435 g/mol. The van der Waals surface area contributed by atoms with Crippen LogP contribution in [0.4, 0.5) is 4.39 Å². The van der Waals surface area contributed by atoms with E-state index in [-0.39, 0.29) is 19.0 Å². The molecule has 0 spiro atoms. The average Bonchev–Trinajstić information content (AvgIpc) is 2.88. The van der Waals surface area contributed by atoms with Crippen molar-refractivity contribution in [1.82, 2.24) is 5.43 Å². The molecule has 0 bridgehead atoms. The fourth-order valence-electron chi connectivity index (χ4n) is 3.30. The summed E-state index contributed by atoms with van der Waals surface area (Å²) in [4.78, 5) is 12.2.